The first-order valence-corrected chi connectivity index (χ1v) is 7.31. The van der Waals surface area contributed by atoms with Crippen molar-refractivity contribution in [3.05, 3.63) is 59.3 Å². The third kappa shape index (κ3) is 3.40. The topological polar surface area (TPSA) is 28.4 Å². The molecule has 3 nitrogen and oxygen atoms in total. The van der Waals surface area contributed by atoms with Crippen molar-refractivity contribution in [2.75, 3.05) is 26.2 Å². The van der Waals surface area contributed by atoms with Crippen molar-refractivity contribution < 1.29 is 22.0 Å². The van der Waals surface area contributed by atoms with E-state index in [1.165, 1.54) is 12.3 Å². The first-order chi connectivity index (χ1) is 11.0. The van der Waals surface area contributed by atoms with Gasteiger partial charge >= 0.3 is 6.18 Å². The minimum atomic E-state index is -4.70. The summed E-state index contributed by atoms with van der Waals surface area (Å²) in [4.78, 5) is 2.07. The summed E-state index contributed by atoms with van der Waals surface area (Å²) in [6, 6.07) is 6.14. The van der Waals surface area contributed by atoms with Crippen LogP contribution < -0.4 is 5.32 Å². The van der Waals surface area contributed by atoms with Crippen LogP contribution in [0.1, 0.15) is 22.9 Å². The van der Waals surface area contributed by atoms with Gasteiger partial charge in [0, 0.05) is 26.2 Å². The summed E-state index contributed by atoms with van der Waals surface area (Å²) >= 11 is 0. The molecule has 1 atom stereocenters. The van der Waals surface area contributed by atoms with Gasteiger partial charge in [-0.1, -0.05) is 6.07 Å². The van der Waals surface area contributed by atoms with Crippen molar-refractivity contribution in [2.24, 2.45) is 0 Å². The Morgan fingerprint density at radius 2 is 1.87 bits per heavy atom. The Kier molecular flexibility index (Phi) is 4.41. The van der Waals surface area contributed by atoms with Gasteiger partial charge in [-0.25, -0.2) is 4.39 Å². The van der Waals surface area contributed by atoms with Gasteiger partial charge in [0.15, 0.2) is 0 Å². The number of nitrogens with one attached hydrogen (secondary N) is 1. The third-order valence-electron chi connectivity index (χ3n) is 3.94. The van der Waals surface area contributed by atoms with Crippen LogP contribution in [0, 0.1) is 5.82 Å². The van der Waals surface area contributed by atoms with Crippen LogP contribution in [-0.2, 0) is 6.18 Å². The summed E-state index contributed by atoms with van der Waals surface area (Å²) in [6.45, 7) is 2.93. The minimum absolute atomic E-state index is 0.399. The van der Waals surface area contributed by atoms with Crippen molar-refractivity contribution in [3.63, 3.8) is 0 Å². The Balaban J connectivity index is 1.98. The number of furan rings is 1. The lowest BCUT2D eigenvalue weighted by molar-refractivity contribution is -0.140. The van der Waals surface area contributed by atoms with E-state index in [1.807, 2.05) is 0 Å². The normalized spacial score (nSPS) is 18.1. The Morgan fingerprint density at radius 1 is 1.13 bits per heavy atom. The van der Waals surface area contributed by atoms with Gasteiger partial charge in [-0.3, -0.25) is 4.90 Å². The van der Waals surface area contributed by atoms with Crippen LogP contribution in [0.5, 0.6) is 0 Å². The van der Waals surface area contributed by atoms with Gasteiger partial charge in [-0.2, -0.15) is 13.2 Å². The van der Waals surface area contributed by atoms with Gasteiger partial charge in [0.25, 0.3) is 0 Å². The number of piperazine rings is 1. The van der Waals surface area contributed by atoms with Gasteiger partial charge < -0.3 is 9.73 Å². The second-order valence-corrected chi connectivity index (χ2v) is 5.44. The molecule has 23 heavy (non-hydrogen) atoms. The Bertz CT molecular complexity index is 649. The molecule has 124 valence electrons. The zero-order chi connectivity index (χ0) is 16.4. The molecule has 0 unspecified atom stereocenters. The molecule has 1 saturated heterocycles. The van der Waals surface area contributed by atoms with E-state index in [-0.39, 0.29) is 0 Å². The van der Waals surface area contributed by atoms with E-state index in [4.69, 9.17) is 4.42 Å². The summed E-state index contributed by atoms with van der Waals surface area (Å²) in [5.74, 6) is -0.673. The Morgan fingerprint density at radius 3 is 2.43 bits per heavy atom. The summed E-state index contributed by atoms with van der Waals surface area (Å²) in [5, 5.41) is 3.21. The van der Waals surface area contributed by atoms with Crippen molar-refractivity contribution in [2.45, 2.75) is 12.2 Å². The molecule has 3 rings (SSSR count). The number of hydrogen-bond donors (Lipinski definition) is 1. The highest BCUT2D eigenvalue weighted by atomic mass is 19.4. The molecule has 2 heterocycles. The molecular formula is C16H16F4N2O. The highest BCUT2D eigenvalue weighted by Gasteiger charge is 2.35. The molecule has 0 bridgehead atoms. The molecule has 1 N–H and O–H groups in total. The standard InChI is InChI=1S/C16H16F4N2O/c17-13-10-11(3-4-12(13)16(18,19)20)15(14-2-1-9-23-14)22-7-5-21-6-8-22/h1-4,9-10,15,21H,5-8H2/t15-/m0/s1. The van der Waals surface area contributed by atoms with E-state index in [0.717, 1.165) is 25.2 Å². The second kappa shape index (κ2) is 6.33. The summed E-state index contributed by atoms with van der Waals surface area (Å²) in [6.07, 6.45) is -3.19. The van der Waals surface area contributed by atoms with Crippen LogP contribution in [0.15, 0.2) is 41.0 Å². The second-order valence-electron chi connectivity index (χ2n) is 5.44. The van der Waals surface area contributed by atoms with Crippen LogP contribution in [0.4, 0.5) is 17.6 Å². The highest BCUT2D eigenvalue weighted by molar-refractivity contribution is 5.32. The number of alkyl halides is 3. The van der Waals surface area contributed by atoms with E-state index >= 15 is 0 Å². The Hall–Kier alpha value is -1.86. The molecule has 0 amide bonds. The van der Waals surface area contributed by atoms with Crippen molar-refractivity contribution in [1.29, 1.82) is 0 Å². The molecule has 0 spiro atoms. The first-order valence-electron chi connectivity index (χ1n) is 7.31. The van der Waals surface area contributed by atoms with Crippen molar-refractivity contribution in [3.8, 4) is 0 Å². The van der Waals surface area contributed by atoms with Crippen LogP contribution in [0.2, 0.25) is 0 Å². The summed E-state index contributed by atoms with van der Waals surface area (Å²) in [7, 11) is 0. The molecule has 0 saturated carbocycles. The van der Waals surface area contributed by atoms with E-state index in [1.54, 1.807) is 12.1 Å². The van der Waals surface area contributed by atoms with E-state index < -0.39 is 23.6 Å². The smallest absolute Gasteiger partial charge is 0.419 e. The maximum Gasteiger partial charge on any atom is 0.419 e. The predicted octanol–water partition coefficient (Wildman–Crippen LogP) is 3.43. The molecule has 7 heteroatoms. The molecule has 1 aromatic heterocycles. The van der Waals surface area contributed by atoms with Crippen LogP contribution in [-0.4, -0.2) is 31.1 Å². The lowest BCUT2D eigenvalue weighted by Gasteiger charge is -2.34. The van der Waals surface area contributed by atoms with Gasteiger partial charge in [0.1, 0.15) is 11.6 Å². The van der Waals surface area contributed by atoms with E-state index in [2.05, 4.69) is 10.2 Å². The van der Waals surface area contributed by atoms with Crippen LogP contribution in [0.3, 0.4) is 0 Å². The fourth-order valence-corrected chi connectivity index (χ4v) is 2.87. The summed E-state index contributed by atoms with van der Waals surface area (Å²) in [5.41, 5.74) is -0.799. The van der Waals surface area contributed by atoms with Crippen LogP contribution in [0.25, 0.3) is 0 Å². The quantitative estimate of drug-likeness (QED) is 0.875. The Labute approximate surface area is 130 Å². The minimum Gasteiger partial charge on any atom is -0.467 e. The molecular weight excluding hydrogens is 312 g/mol. The van der Waals surface area contributed by atoms with Gasteiger partial charge in [-0.05, 0) is 29.8 Å². The van der Waals surface area contributed by atoms with E-state index in [9.17, 15) is 17.6 Å². The third-order valence-corrected chi connectivity index (χ3v) is 3.94. The van der Waals surface area contributed by atoms with Gasteiger partial charge in [0.2, 0.25) is 0 Å². The van der Waals surface area contributed by atoms with Gasteiger partial charge in [0.05, 0.1) is 17.9 Å². The molecule has 2 aromatic rings. The lowest BCUT2D eigenvalue weighted by atomic mass is 10.00. The average molecular weight is 328 g/mol. The highest BCUT2D eigenvalue weighted by Crippen LogP contribution is 2.35. The first kappa shape index (κ1) is 16.0. The molecule has 0 aliphatic carbocycles. The monoisotopic (exact) mass is 328 g/mol. The van der Waals surface area contributed by atoms with Crippen molar-refractivity contribution >= 4 is 0 Å². The number of nitrogens with zero attached hydrogens (tertiary/aromatic N) is 1. The number of hydrogen-bond acceptors (Lipinski definition) is 3. The number of halogens is 4. The van der Waals surface area contributed by atoms with Crippen LogP contribution >= 0.6 is 0 Å². The molecule has 1 aliphatic rings. The van der Waals surface area contributed by atoms with Crippen molar-refractivity contribution in [1.82, 2.24) is 10.2 Å². The fraction of sp³-hybridized carbons (Fsp3) is 0.375. The largest absolute Gasteiger partial charge is 0.467 e. The predicted molar refractivity (Wildman–Crippen MR) is 76.4 cm³/mol. The lowest BCUT2D eigenvalue weighted by Crippen LogP contribution is -2.45. The summed E-state index contributed by atoms with van der Waals surface area (Å²) < 4.78 is 57.6. The maximum absolute atomic E-state index is 13.9. The molecule has 1 aromatic carbocycles. The van der Waals surface area contributed by atoms with Gasteiger partial charge in [-0.15, -0.1) is 0 Å². The molecule has 1 fully saturated rings. The zero-order valence-corrected chi connectivity index (χ0v) is 12.2. The molecule has 1 aliphatic heterocycles. The van der Waals surface area contributed by atoms with E-state index in [0.29, 0.717) is 24.4 Å². The zero-order valence-electron chi connectivity index (χ0n) is 12.2. The fourth-order valence-electron chi connectivity index (χ4n) is 2.87. The number of rotatable bonds is 3. The average Bonchev–Trinajstić information content (AvgIpc) is 3.01. The maximum atomic E-state index is 13.9. The number of benzene rings is 1. The molecule has 0 radical (unpaired) electrons. The SMILES string of the molecule is Fc1cc([C@@H](c2ccco2)N2CCNCC2)ccc1C(F)(F)F.